The van der Waals surface area contributed by atoms with E-state index in [-0.39, 0.29) is 17.9 Å². The molecule has 2 atom stereocenters. The molecule has 0 saturated heterocycles. The molecule has 20 heavy (non-hydrogen) atoms. The number of hydrogen-bond acceptors (Lipinski definition) is 4. The molecule has 2 heterocycles. The van der Waals surface area contributed by atoms with E-state index in [4.69, 9.17) is 4.42 Å². The van der Waals surface area contributed by atoms with Crippen LogP contribution in [0, 0.1) is 5.92 Å². The fourth-order valence-corrected chi connectivity index (χ4v) is 3.49. The van der Waals surface area contributed by atoms with E-state index in [9.17, 15) is 4.79 Å². The van der Waals surface area contributed by atoms with Gasteiger partial charge in [0.15, 0.2) is 0 Å². The molecule has 1 amide bonds. The number of aryl methyl sites for hydroxylation is 1. The van der Waals surface area contributed by atoms with E-state index in [2.05, 4.69) is 10.3 Å². The van der Waals surface area contributed by atoms with Crippen LogP contribution >= 0.6 is 11.3 Å². The highest BCUT2D eigenvalue weighted by atomic mass is 32.1. The van der Waals surface area contributed by atoms with Gasteiger partial charge in [0.1, 0.15) is 5.76 Å². The quantitative estimate of drug-likeness (QED) is 0.941. The average Bonchev–Trinajstić information content (AvgIpc) is 3.08. The number of nitrogens with zero attached hydrogens (tertiary/aromatic N) is 1. The van der Waals surface area contributed by atoms with Gasteiger partial charge in [-0.15, -0.1) is 11.3 Å². The fourth-order valence-electron chi connectivity index (χ4n) is 2.59. The second kappa shape index (κ2) is 5.79. The van der Waals surface area contributed by atoms with Gasteiger partial charge in [0.25, 0.3) is 0 Å². The summed E-state index contributed by atoms with van der Waals surface area (Å²) in [4.78, 5) is 17.9. The third kappa shape index (κ3) is 2.93. The molecule has 0 saturated carbocycles. The highest BCUT2D eigenvalue weighted by molar-refractivity contribution is 7.09. The summed E-state index contributed by atoms with van der Waals surface area (Å²) < 4.78 is 5.29. The second-order valence-electron chi connectivity index (χ2n) is 5.36. The first kappa shape index (κ1) is 13.4. The van der Waals surface area contributed by atoms with Gasteiger partial charge in [-0.2, -0.15) is 0 Å². The molecule has 0 spiro atoms. The summed E-state index contributed by atoms with van der Waals surface area (Å²) in [6, 6.07) is 4.01. The normalized spacial score (nSPS) is 19.4. The lowest BCUT2D eigenvalue weighted by Crippen LogP contribution is -2.41. The van der Waals surface area contributed by atoms with Gasteiger partial charge in [-0.05, 0) is 25.0 Å². The number of furan rings is 1. The standard InChI is InChI=1S/C15H18N2O2S/c1-10(7-12-3-2-6-19-12)15(18)17-11-4-5-13-14(8-11)20-9-16-13/h2-3,6,9-11H,4-5,7-8H2,1H3,(H,17,18)/t10?,11-/m0/s1. The molecule has 106 valence electrons. The van der Waals surface area contributed by atoms with Crippen LogP contribution in [0.3, 0.4) is 0 Å². The largest absolute Gasteiger partial charge is 0.469 e. The lowest BCUT2D eigenvalue weighted by Gasteiger charge is -2.24. The van der Waals surface area contributed by atoms with Crippen molar-refractivity contribution in [3.63, 3.8) is 0 Å². The van der Waals surface area contributed by atoms with E-state index in [1.54, 1.807) is 17.6 Å². The van der Waals surface area contributed by atoms with Crippen molar-refractivity contribution in [2.45, 2.75) is 38.6 Å². The number of carbonyl (C=O) groups is 1. The van der Waals surface area contributed by atoms with Gasteiger partial charge in [-0.1, -0.05) is 6.92 Å². The lowest BCUT2D eigenvalue weighted by molar-refractivity contribution is -0.125. The van der Waals surface area contributed by atoms with Gasteiger partial charge >= 0.3 is 0 Å². The summed E-state index contributed by atoms with van der Waals surface area (Å²) in [7, 11) is 0. The minimum absolute atomic E-state index is 0.0657. The Hall–Kier alpha value is -1.62. The number of nitrogens with one attached hydrogen (secondary N) is 1. The predicted molar refractivity (Wildman–Crippen MR) is 77.6 cm³/mol. The van der Waals surface area contributed by atoms with E-state index in [0.717, 1.165) is 25.0 Å². The third-order valence-corrected chi connectivity index (χ3v) is 4.67. The van der Waals surface area contributed by atoms with Crippen molar-refractivity contribution in [2.24, 2.45) is 5.92 Å². The Morgan fingerprint density at radius 2 is 2.55 bits per heavy atom. The van der Waals surface area contributed by atoms with Crippen LogP contribution in [0.4, 0.5) is 0 Å². The summed E-state index contributed by atoms with van der Waals surface area (Å²) in [5.74, 6) is 0.907. The Kier molecular flexibility index (Phi) is 3.87. The van der Waals surface area contributed by atoms with Gasteiger partial charge in [-0.25, -0.2) is 4.98 Å². The number of carbonyl (C=O) groups excluding carboxylic acids is 1. The smallest absolute Gasteiger partial charge is 0.223 e. The van der Waals surface area contributed by atoms with Crippen LogP contribution < -0.4 is 5.32 Å². The highest BCUT2D eigenvalue weighted by Gasteiger charge is 2.24. The molecule has 1 aliphatic rings. The molecular formula is C15H18N2O2S. The lowest BCUT2D eigenvalue weighted by atomic mass is 9.96. The van der Waals surface area contributed by atoms with Crippen molar-refractivity contribution in [2.75, 3.05) is 0 Å². The van der Waals surface area contributed by atoms with E-state index >= 15 is 0 Å². The number of thiazole rings is 1. The maximum Gasteiger partial charge on any atom is 0.223 e. The molecule has 4 nitrogen and oxygen atoms in total. The molecule has 0 radical (unpaired) electrons. The maximum atomic E-state index is 12.2. The zero-order valence-corrected chi connectivity index (χ0v) is 12.3. The van der Waals surface area contributed by atoms with Crippen LogP contribution in [0.15, 0.2) is 28.3 Å². The van der Waals surface area contributed by atoms with Crippen LogP contribution in [-0.4, -0.2) is 16.9 Å². The van der Waals surface area contributed by atoms with E-state index < -0.39 is 0 Å². The first-order chi connectivity index (χ1) is 9.72. The molecule has 1 unspecified atom stereocenters. The van der Waals surface area contributed by atoms with Crippen molar-refractivity contribution < 1.29 is 9.21 Å². The van der Waals surface area contributed by atoms with Gasteiger partial charge in [0, 0.05) is 29.7 Å². The van der Waals surface area contributed by atoms with Crippen molar-refractivity contribution in [3.8, 4) is 0 Å². The van der Waals surface area contributed by atoms with Gasteiger partial charge in [0.05, 0.1) is 17.5 Å². The molecule has 5 heteroatoms. The molecule has 0 bridgehead atoms. The Morgan fingerprint density at radius 3 is 3.35 bits per heavy atom. The summed E-state index contributed by atoms with van der Waals surface area (Å²) in [6.07, 6.45) is 5.16. The van der Waals surface area contributed by atoms with Gasteiger partial charge in [-0.3, -0.25) is 4.79 Å². The minimum atomic E-state index is -0.0657. The van der Waals surface area contributed by atoms with E-state index in [1.165, 1.54) is 10.6 Å². The molecule has 2 aromatic rings. The van der Waals surface area contributed by atoms with Crippen molar-refractivity contribution in [1.29, 1.82) is 0 Å². The predicted octanol–water partition coefficient (Wildman–Crippen LogP) is 2.59. The number of hydrogen-bond donors (Lipinski definition) is 1. The molecule has 2 aromatic heterocycles. The van der Waals surface area contributed by atoms with Crippen molar-refractivity contribution >= 4 is 17.2 Å². The summed E-state index contributed by atoms with van der Waals surface area (Å²) in [6.45, 7) is 1.94. The molecule has 0 aromatic carbocycles. The van der Waals surface area contributed by atoms with Gasteiger partial charge in [0.2, 0.25) is 5.91 Å². The minimum Gasteiger partial charge on any atom is -0.469 e. The van der Waals surface area contributed by atoms with Crippen LogP contribution in [0.2, 0.25) is 0 Å². The number of aromatic nitrogens is 1. The van der Waals surface area contributed by atoms with Crippen LogP contribution in [-0.2, 0) is 24.1 Å². The van der Waals surface area contributed by atoms with Crippen molar-refractivity contribution in [1.82, 2.24) is 10.3 Å². The zero-order valence-electron chi connectivity index (χ0n) is 11.5. The van der Waals surface area contributed by atoms with Gasteiger partial charge < -0.3 is 9.73 Å². The zero-order chi connectivity index (χ0) is 13.9. The molecule has 3 rings (SSSR count). The first-order valence-corrected chi connectivity index (χ1v) is 7.84. The fraction of sp³-hybridized carbons (Fsp3) is 0.467. The Labute approximate surface area is 122 Å². The number of rotatable bonds is 4. The Balaban J connectivity index is 1.54. The Morgan fingerprint density at radius 1 is 1.65 bits per heavy atom. The molecule has 1 N–H and O–H groups in total. The molecule has 0 aliphatic heterocycles. The SMILES string of the molecule is CC(Cc1ccco1)C(=O)N[C@H]1CCc2ncsc2C1. The maximum absolute atomic E-state index is 12.2. The summed E-state index contributed by atoms with van der Waals surface area (Å²) >= 11 is 1.69. The monoisotopic (exact) mass is 290 g/mol. The van der Waals surface area contributed by atoms with E-state index in [1.807, 2.05) is 24.6 Å². The molecular weight excluding hydrogens is 272 g/mol. The first-order valence-electron chi connectivity index (χ1n) is 6.96. The Bertz CT molecular complexity index is 576. The molecule has 0 fully saturated rings. The van der Waals surface area contributed by atoms with Crippen LogP contribution in [0.5, 0.6) is 0 Å². The van der Waals surface area contributed by atoms with Crippen LogP contribution in [0.1, 0.15) is 29.7 Å². The van der Waals surface area contributed by atoms with Crippen molar-refractivity contribution in [3.05, 3.63) is 40.2 Å². The third-order valence-electron chi connectivity index (χ3n) is 3.77. The summed E-state index contributed by atoms with van der Waals surface area (Å²) in [5, 5.41) is 3.16. The number of amides is 1. The number of fused-ring (bicyclic) bond motifs is 1. The highest BCUT2D eigenvalue weighted by Crippen LogP contribution is 2.24. The average molecular weight is 290 g/mol. The summed E-state index contributed by atoms with van der Waals surface area (Å²) in [5.41, 5.74) is 3.11. The molecule has 1 aliphatic carbocycles. The van der Waals surface area contributed by atoms with E-state index in [0.29, 0.717) is 6.42 Å². The second-order valence-corrected chi connectivity index (χ2v) is 6.29. The topological polar surface area (TPSA) is 55.1 Å². The van der Waals surface area contributed by atoms with Crippen LogP contribution in [0.25, 0.3) is 0 Å².